The maximum Gasteiger partial charge on any atom is 0.258 e. The van der Waals surface area contributed by atoms with Crippen LogP contribution in [0.3, 0.4) is 0 Å². The van der Waals surface area contributed by atoms with Crippen molar-refractivity contribution in [2.24, 2.45) is 5.92 Å². The molecule has 1 amide bonds. The van der Waals surface area contributed by atoms with E-state index in [0.29, 0.717) is 5.56 Å². The number of benzene rings is 2. The van der Waals surface area contributed by atoms with Crippen molar-refractivity contribution in [3.63, 3.8) is 0 Å². The number of hydrogen-bond acceptors (Lipinski definition) is 3. The summed E-state index contributed by atoms with van der Waals surface area (Å²) in [4.78, 5) is 12.1. The molecule has 5 nitrogen and oxygen atoms in total. The van der Waals surface area contributed by atoms with E-state index in [-0.39, 0.29) is 22.5 Å². The van der Waals surface area contributed by atoms with Gasteiger partial charge in [0, 0.05) is 11.7 Å². The van der Waals surface area contributed by atoms with Crippen molar-refractivity contribution < 1.29 is 22.0 Å². The van der Waals surface area contributed by atoms with E-state index in [1.165, 1.54) is 12.1 Å². The van der Waals surface area contributed by atoms with Crippen LogP contribution in [-0.4, -0.2) is 20.4 Å². The lowest BCUT2D eigenvalue weighted by molar-refractivity contribution is 0.102. The average molecular weight is 380 g/mol. The van der Waals surface area contributed by atoms with Gasteiger partial charge < -0.3 is 5.32 Å². The Morgan fingerprint density at radius 3 is 2.42 bits per heavy atom. The highest BCUT2D eigenvalue weighted by molar-refractivity contribution is 7.89. The maximum absolute atomic E-state index is 14.0. The fraction of sp³-hybridized carbons (Fsp3) is 0.278. The van der Waals surface area contributed by atoms with Gasteiger partial charge in [0.25, 0.3) is 5.91 Å². The predicted octanol–water partition coefficient (Wildman–Crippen LogP) is 3.21. The van der Waals surface area contributed by atoms with Crippen LogP contribution in [-0.2, 0) is 10.0 Å². The standard InChI is InChI=1S/C18H18F2N2O3S/c1-10-3-4-12(8-16(10)20)21-18(23)14-9-13(5-6-15(14)19)26(24,25)22-17-7-11(17)2/h3-6,8-9,11,17,22H,7H2,1-2H3,(H,21,23). The Morgan fingerprint density at radius 1 is 1.12 bits per heavy atom. The molecule has 2 aromatic rings. The first-order valence-electron chi connectivity index (χ1n) is 8.07. The van der Waals surface area contributed by atoms with Gasteiger partial charge in [-0.05, 0) is 55.2 Å². The van der Waals surface area contributed by atoms with Crippen molar-refractivity contribution >= 4 is 21.6 Å². The van der Waals surface area contributed by atoms with E-state index in [4.69, 9.17) is 0 Å². The second kappa shape index (κ2) is 6.77. The third-order valence-corrected chi connectivity index (χ3v) is 5.83. The molecular weight excluding hydrogens is 362 g/mol. The van der Waals surface area contributed by atoms with Crippen LogP contribution in [0, 0.1) is 24.5 Å². The molecule has 2 aromatic carbocycles. The number of anilines is 1. The fourth-order valence-electron chi connectivity index (χ4n) is 2.47. The molecule has 2 unspecified atom stereocenters. The molecule has 1 aliphatic carbocycles. The van der Waals surface area contributed by atoms with Gasteiger partial charge in [-0.2, -0.15) is 0 Å². The van der Waals surface area contributed by atoms with Gasteiger partial charge in [-0.15, -0.1) is 0 Å². The molecule has 0 bridgehead atoms. The topological polar surface area (TPSA) is 75.3 Å². The predicted molar refractivity (Wildman–Crippen MR) is 93.4 cm³/mol. The Morgan fingerprint density at radius 2 is 1.81 bits per heavy atom. The summed E-state index contributed by atoms with van der Waals surface area (Å²) in [5, 5.41) is 2.37. The zero-order valence-electron chi connectivity index (χ0n) is 14.2. The van der Waals surface area contributed by atoms with E-state index in [9.17, 15) is 22.0 Å². The van der Waals surface area contributed by atoms with Gasteiger partial charge in [0.2, 0.25) is 10.0 Å². The Kier molecular flexibility index (Phi) is 4.81. The first kappa shape index (κ1) is 18.5. The minimum atomic E-state index is -3.84. The quantitative estimate of drug-likeness (QED) is 0.836. The smallest absolute Gasteiger partial charge is 0.258 e. The number of amides is 1. The first-order chi connectivity index (χ1) is 12.2. The van der Waals surface area contributed by atoms with E-state index in [2.05, 4.69) is 10.0 Å². The zero-order valence-corrected chi connectivity index (χ0v) is 15.0. The first-order valence-corrected chi connectivity index (χ1v) is 9.55. The summed E-state index contributed by atoms with van der Waals surface area (Å²) in [6.45, 7) is 3.49. The van der Waals surface area contributed by atoms with Crippen molar-refractivity contribution in [3.05, 3.63) is 59.2 Å². The van der Waals surface area contributed by atoms with Crippen LogP contribution in [0.1, 0.15) is 29.3 Å². The zero-order chi connectivity index (χ0) is 19.1. The number of carbonyl (C=O) groups is 1. The molecule has 2 atom stereocenters. The monoisotopic (exact) mass is 380 g/mol. The molecule has 8 heteroatoms. The number of hydrogen-bond donors (Lipinski definition) is 2. The molecule has 0 radical (unpaired) electrons. The lowest BCUT2D eigenvalue weighted by atomic mass is 10.1. The second-order valence-electron chi connectivity index (χ2n) is 6.50. The SMILES string of the molecule is Cc1ccc(NC(=O)c2cc(S(=O)(=O)NC3CC3C)ccc2F)cc1F. The molecule has 0 heterocycles. The van der Waals surface area contributed by atoms with Gasteiger partial charge >= 0.3 is 0 Å². The van der Waals surface area contributed by atoms with E-state index in [1.807, 2.05) is 6.92 Å². The molecule has 138 valence electrons. The van der Waals surface area contributed by atoms with E-state index < -0.39 is 33.1 Å². The maximum atomic E-state index is 14.0. The van der Waals surface area contributed by atoms with Crippen LogP contribution in [0.4, 0.5) is 14.5 Å². The minimum Gasteiger partial charge on any atom is -0.322 e. The van der Waals surface area contributed by atoms with Crippen LogP contribution in [0.5, 0.6) is 0 Å². The Bertz CT molecular complexity index is 976. The number of carbonyl (C=O) groups excluding carboxylic acids is 1. The second-order valence-corrected chi connectivity index (χ2v) is 8.21. The molecule has 1 fully saturated rings. The molecule has 0 saturated heterocycles. The molecule has 26 heavy (non-hydrogen) atoms. The van der Waals surface area contributed by atoms with Gasteiger partial charge in [-0.1, -0.05) is 13.0 Å². The lowest BCUT2D eigenvalue weighted by Gasteiger charge is -2.10. The van der Waals surface area contributed by atoms with Crippen LogP contribution in [0.15, 0.2) is 41.3 Å². The number of rotatable bonds is 5. The lowest BCUT2D eigenvalue weighted by Crippen LogP contribution is -2.27. The van der Waals surface area contributed by atoms with Crippen molar-refractivity contribution in [1.29, 1.82) is 0 Å². The summed E-state index contributed by atoms with van der Waals surface area (Å²) in [5.41, 5.74) is 0.121. The van der Waals surface area contributed by atoms with Crippen LogP contribution >= 0.6 is 0 Å². The van der Waals surface area contributed by atoms with Crippen molar-refractivity contribution in [1.82, 2.24) is 4.72 Å². The number of aryl methyl sites for hydroxylation is 1. The van der Waals surface area contributed by atoms with E-state index in [1.54, 1.807) is 6.92 Å². The Labute approximate surface area is 150 Å². The average Bonchev–Trinajstić information content (AvgIpc) is 3.25. The number of sulfonamides is 1. The highest BCUT2D eigenvalue weighted by Crippen LogP contribution is 2.31. The molecule has 1 aliphatic rings. The summed E-state index contributed by atoms with van der Waals surface area (Å²) in [5.74, 6) is -1.98. The molecule has 0 aromatic heterocycles. The van der Waals surface area contributed by atoms with Gasteiger partial charge in [-0.3, -0.25) is 4.79 Å². The molecule has 2 N–H and O–H groups in total. The summed E-state index contributed by atoms with van der Waals surface area (Å²) in [7, 11) is -3.84. The Balaban J connectivity index is 1.84. The number of nitrogens with one attached hydrogen (secondary N) is 2. The summed E-state index contributed by atoms with van der Waals surface area (Å²) < 4.78 is 54.8. The molecule has 3 rings (SSSR count). The molecule has 0 spiro atoms. The fourth-order valence-corrected chi connectivity index (χ4v) is 3.85. The third-order valence-electron chi connectivity index (χ3n) is 4.34. The summed E-state index contributed by atoms with van der Waals surface area (Å²) in [6, 6.07) is 6.93. The molecule has 0 aliphatic heterocycles. The van der Waals surface area contributed by atoms with Crippen LogP contribution < -0.4 is 10.0 Å². The minimum absolute atomic E-state index is 0.141. The molecule has 1 saturated carbocycles. The van der Waals surface area contributed by atoms with Crippen molar-refractivity contribution in [2.75, 3.05) is 5.32 Å². The highest BCUT2D eigenvalue weighted by Gasteiger charge is 2.36. The van der Waals surface area contributed by atoms with Crippen LogP contribution in [0.25, 0.3) is 0 Å². The van der Waals surface area contributed by atoms with Crippen molar-refractivity contribution in [2.45, 2.75) is 31.2 Å². The third kappa shape index (κ3) is 3.91. The summed E-state index contributed by atoms with van der Waals surface area (Å²) >= 11 is 0. The van der Waals surface area contributed by atoms with E-state index in [0.717, 1.165) is 30.7 Å². The number of halogens is 2. The normalized spacial score (nSPS) is 19.2. The van der Waals surface area contributed by atoms with Crippen LogP contribution in [0.2, 0.25) is 0 Å². The summed E-state index contributed by atoms with van der Waals surface area (Å²) in [6.07, 6.45) is 0.743. The van der Waals surface area contributed by atoms with Gasteiger partial charge in [0.15, 0.2) is 0 Å². The molecular formula is C18H18F2N2O3S. The van der Waals surface area contributed by atoms with E-state index >= 15 is 0 Å². The Hall–Kier alpha value is -2.32. The van der Waals surface area contributed by atoms with Gasteiger partial charge in [0.1, 0.15) is 11.6 Å². The highest BCUT2D eigenvalue weighted by atomic mass is 32.2. The van der Waals surface area contributed by atoms with Crippen molar-refractivity contribution in [3.8, 4) is 0 Å². The van der Waals surface area contributed by atoms with Gasteiger partial charge in [0.05, 0.1) is 10.5 Å². The largest absolute Gasteiger partial charge is 0.322 e. The van der Waals surface area contributed by atoms with Gasteiger partial charge in [-0.25, -0.2) is 21.9 Å².